The van der Waals surface area contributed by atoms with Gasteiger partial charge in [0.1, 0.15) is 5.82 Å². The number of carbonyl (C=O) groups excluding carboxylic acids is 1. The van der Waals surface area contributed by atoms with Crippen LogP contribution in [0.5, 0.6) is 0 Å². The van der Waals surface area contributed by atoms with Crippen molar-refractivity contribution in [3.63, 3.8) is 0 Å². The van der Waals surface area contributed by atoms with Crippen LogP contribution in [-0.2, 0) is 0 Å². The van der Waals surface area contributed by atoms with E-state index in [4.69, 9.17) is 17.3 Å². The molecule has 0 aliphatic heterocycles. The van der Waals surface area contributed by atoms with Crippen LogP contribution in [0.1, 0.15) is 15.9 Å². The summed E-state index contributed by atoms with van der Waals surface area (Å²) in [6.45, 7) is 0.245. The van der Waals surface area contributed by atoms with Crippen molar-refractivity contribution in [1.82, 2.24) is 0 Å². The van der Waals surface area contributed by atoms with Gasteiger partial charge in [-0.1, -0.05) is 29.5 Å². The Labute approximate surface area is 126 Å². The molecule has 0 atom stereocenters. The zero-order valence-electron chi connectivity index (χ0n) is 11.0. The molecule has 0 aliphatic carbocycles. The normalized spacial score (nSPS) is 9.67. The first-order chi connectivity index (χ1) is 10.1. The molecule has 3 N–H and O–H groups in total. The van der Waals surface area contributed by atoms with Gasteiger partial charge in [-0.25, -0.2) is 4.39 Å². The van der Waals surface area contributed by atoms with Gasteiger partial charge in [-0.2, -0.15) is 0 Å². The Bertz CT molecular complexity index is 735. The molecule has 2 aromatic rings. The fourth-order valence-corrected chi connectivity index (χ4v) is 1.84. The Morgan fingerprint density at radius 3 is 2.86 bits per heavy atom. The lowest BCUT2D eigenvalue weighted by Crippen LogP contribution is -2.12. The van der Waals surface area contributed by atoms with Gasteiger partial charge < -0.3 is 11.1 Å². The third kappa shape index (κ3) is 4.06. The molecule has 0 saturated carbocycles. The van der Waals surface area contributed by atoms with Crippen LogP contribution in [0.25, 0.3) is 0 Å². The van der Waals surface area contributed by atoms with Crippen molar-refractivity contribution < 1.29 is 9.18 Å². The van der Waals surface area contributed by atoms with Crippen molar-refractivity contribution in [2.75, 3.05) is 11.9 Å². The minimum absolute atomic E-state index is 0.222. The van der Waals surface area contributed by atoms with Crippen LogP contribution in [0, 0.1) is 17.7 Å². The summed E-state index contributed by atoms with van der Waals surface area (Å²) >= 11 is 5.91. The molecule has 106 valence electrons. The van der Waals surface area contributed by atoms with Crippen molar-refractivity contribution >= 4 is 23.2 Å². The van der Waals surface area contributed by atoms with Crippen LogP contribution in [0.2, 0.25) is 5.02 Å². The lowest BCUT2D eigenvalue weighted by Gasteiger charge is -2.07. The van der Waals surface area contributed by atoms with Crippen molar-refractivity contribution in [1.29, 1.82) is 0 Å². The number of hydrogen-bond acceptors (Lipinski definition) is 2. The number of nitrogens with one attached hydrogen (secondary N) is 1. The fourth-order valence-electron chi connectivity index (χ4n) is 1.68. The molecule has 2 rings (SSSR count). The van der Waals surface area contributed by atoms with E-state index < -0.39 is 5.82 Å². The molecule has 0 aromatic heterocycles. The number of carbonyl (C=O) groups is 1. The zero-order chi connectivity index (χ0) is 15.2. The highest BCUT2D eigenvalue weighted by Gasteiger charge is 2.09. The van der Waals surface area contributed by atoms with Gasteiger partial charge in [-0.05, 0) is 36.4 Å². The summed E-state index contributed by atoms with van der Waals surface area (Å²) in [5, 5.41) is 2.83. The maximum Gasteiger partial charge on any atom is 0.255 e. The van der Waals surface area contributed by atoms with Gasteiger partial charge in [-0.3, -0.25) is 4.79 Å². The summed E-state index contributed by atoms with van der Waals surface area (Å²) in [7, 11) is 0. The molecule has 0 saturated heterocycles. The van der Waals surface area contributed by atoms with Crippen LogP contribution >= 0.6 is 11.6 Å². The average molecular weight is 303 g/mol. The summed E-state index contributed by atoms with van der Waals surface area (Å²) < 4.78 is 13.2. The molecule has 0 radical (unpaired) electrons. The molecule has 0 spiro atoms. The summed E-state index contributed by atoms with van der Waals surface area (Å²) in [5.74, 6) is 4.69. The summed E-state index contributed by atoms with van der Waals surface area (Å²) in [6.07, 6.45) is 0. The highest BCUT2D eigenvalue weighted by Crippen LogP contribution is 2.23. The van der Waals surface area contributed by atoms with E-state index in [9.17, 15) is 9.18 Å². The molecular formula is C16H12ClFN2O. The Balaban J connectivity index is 2.22. The lowest BCUT2D eigenvalue weighted by atomic mass is 10.1. The Kier molecular flexibility index (Phi) is 4.94. The molecule has 21 heavy (non-hydrogen) atoms. The third-order valence-corrected chi connectivity index (χ3v) is 2.97. The maximum absolute atomic E-state index is 13.2. The van der Waals surface area contributed by atoms with Gasteiger partial charge in [0, 0.05) is 11.1 Å². The van der Waals surface area contributed by atoms with Crippen molar-refractivity contribution in [2.24, 2.45) is 5.73 Å². The third-order valence-electron chi connectivity index (χ3n) is 2.64. The molecule has 0 bridgehead atoms. The molecule has 5 heteroatoms. The predicted octanol–water partition coefficient (Wildman–Crippen LogP) is 3.04. The van der Waals surface area contributed by atoms with E-state index in [1.165, 1.54) is 12.1 Å². The highest BCUT2D eigenvalue weighted by molar-refractivity contribution is 6.33. The Morgan fingerprint density at radius 2 is 2.10 bits per heavy atom. The van der Waals surface area contributed by atoms with Gasteiger partial charge in [0.2, 0.25) is 0 Å². The van der Waals surface area contributed by atoms with E-state index in [2.05, 4.69) is 17.2 Å². The monoisotopic (exact) mass is 302 g/mol. The summed E-state index contributed by atoms with van der Waals surface area (Å²) in [4.78, 5) is 12.1. The SMILES string of the molecule is NCC#Cc1cccc(C(=O)Nc2cc(F)ccc2Cl)c1. The van der Waals surface area contributed by atoms with Crippen LogP contribution in [0.15, 0.2) is 42.5 Å². The standard InChI is InChI=1S/C16H12ClFN2O/c17-14-7-6-13(18)10-15(14)20-16(21)12-5-1-3-11(9-12)4-2-8-19/h1,3,5-7,9-10H,8,19H2,(H,20,21). The minimum Gasteiger partial charge on any atom is -0.321 e. The van der Waals surface area contributed by atoms with Crippen LogP contribution < -0.4 is 11.1 Å². The maximum atomic E-state index is 13.2. The van der Waals surface area contributed by atoms with Crippen molar-refractivity contribution in [3.8, 4) is 11.8 Å². The summed E-state index contributed by atoms with van der Waals surface area (Å²) in [6, 6.07) is 10.5. The number of amides is 1. The molecule has 0 fully saturated rings. The van der Waals surface area contributed by atoms with Gasteiger partial charge in [0.25, 0.3) is 5.91 Å². The molecule has 1 amide bonds. The van der Waals surface area contributed by atoms with E-state index in [1.54, 1.807) is 24.3 Å². The Morgan fingerprint density at radius 1 is 1.29 bits per heavy atom. The first-order valence-corrected chi connectivity index (χ1v) is 6.53. The highest BCUT2D eigenvalue weighted by atomic mass is 35.5. The van der Waals surface area contributed by atoms with Crippen molar-refractivity contribution in [3.05, 3.63) is 64.4 Å². The van der Waals surface area contributed by atoms with E-state index in [-0.39, 0.29) is 23.2 Å². The lowest BCUT2D eigenvalue weighted by molar-refractivity contribution is 0.102. The van der Waals surface area contributed by atoms with Gasteiger partial charge in [0.15, 0.2) is 0 Å². The number of halogens is 2. The van der Waals surface area contributed by atoms with Gasteiger partial charge >= 0.3 is 0 Å². The number of nitrogens with two attached hydrogens (primary N) is 1. The number of benzene rings is 2. The first kappa shape index (κ1) is 15.0. The average Bonchev–Trinajstić information content (AvgIpc) is 2.49. The quantitative estimate of drug-likeness (QED) is 0.838. The number of rotatable bonds is 2. The minimum atomic E-state index is -0.475. The van der Waals surface area contributed by atoms with Crippen LogP contribution in [0.4, 0.5) is 10.1 Å². The van der Waals surface area contributed by atoms with E-state index in [1.807, 2.05) is 0 Å². The zero-order valence-corrected chi connectivity index (χ0v) is 11.7. The smallest absolute Gasteiger partial charge is 0.255 e. The van der Waals surface area contributed by atoms with E-state index >= 15 is 0 Å². The largest absolute Gasteiger partial charge is 0.321 e. The molecule has 0 aliphatic rings. The molecular weight excluding hydrogens is 291 g/mol. The second kappa shape index (κ2) is 6.89. The van der Waals surface area contributed by atoms with Gasteiger partial charge in [0.05, 0.1) is 17.3 Å². The van der Waals surface area contributed by atoms with E-state index in [0.29, 0.717) is 11.1 Å². The predicted molar refractivity (Wildman–Crippen MR) is 81.7 cm³/mol. The molecule has 0 heterocycles. The molecule has 3 nitrogen and oxygen atoms in total. The Hall–Kier alpha value is -2.35. The van der Waals surface area contributed by atoms with E-state index in [0.717, 1.165) is 6.07 Å². The van der Waals surface area contributed by atoms with Crippen LogP contribution in [-0.4, -0.2) is 12.5 Å². The topological polar surface area (TPSA) is 55.1 Å². The second-order valence-electron chi connectivity index (χ2n) is 4.16. The molecule has 2 aromatic carbocycles. The fraction of sp³-hybridized carbons (Fsp3) is 0.0625. The van der Waals surface area contributed by atoms with Crippen molar-refractivity contribution in [2.45, 2.75) is 0 Å². The second-order valence-corrected chi connectivity index (χ2v) is 4.57. The van der Waals surface area contributed by atoms with Crippen LogP contribution in [0.3, 0.4) is 0 Å². The first-order valence-electron chi connectivity index (χ1n) is 6.15. The number of anilines is 1. The summed E-state index contributed by atoms with van der Waals surface area (Å²) in [5.41, 5.74) is 6.61. The van der Waals surface area contributed by atoms with Gasteiger partial charge in [-0.15, -0.1) is 0 Å². The number of hydrogen-bond donors (Lipinski definition) is 2. The molecule has 0 unspecified atom stereocenters.